The lowest BCUT2D eigenvalue weighted by atomic mass is 9.89. The molecule has 30 heavy (non-hydrogen) atoms. The standard InChI is InChI=1S/C26H26N2O2/c29-18-24-23-4-2-1-3-21(23)9-10-25(24)28-14-11-20(12-15-28)17-19-5-7-22(8-6-19)26-27-13-16-30-26/h1-10,18,20H,11-17H2. The highest BCUT2D eigenvalue weighted by molar-refractivity contribution is 6.03. The van der Waals surface area contributed by atoms with Crippen molar-refractivity contribution in [1.29, 1.82) is 0 Å². The summed E-state index contributed by atoms with van der Waals surface area (Å²) in [4.78, 5) is 18.6. The van der Waals surface area contributed by atoms with Gasteiger partial charge in [-0.25, -0.2) is 4.99 Å². The zero-order valence-corrected chi connectivity index (χ0v) is 17.1. The number of benzene rings is 3. The average molecular weight is 399 g/mol. The molecule has 1 fully saturated rings. The summed E-state index contributed by atoms with van der Waals surface area (Å²) in [6.07, 6.45) is 4.40. The number of fused-ring (bicyclic) bond motifs is 1. The molecule has 0 bridgehead atoms. The van der Waals surface area contributed by atoms with Crippen molar-refractivity contribution in [3.63, 3.8) is 0 Å². The first kappa shape index (κ1) is 18.9. The molecule has 1 saturated heterocycles. The van der Waals surface area contributed by atoms with Gasteiger partial charge in [-0.1, -0.05) is 42.5 Å². The number of aldehydes is 1. The minimum Gasteiger partial charge on any atom is -0.476 e. The Hall–Kier alpha value is -3.14. The van der Waals surface area contributed by atoms with Gasteiger partial charge in [0.15, 0.2) is 6.29 Å². The number of hydrogen-bond donors (Lipinski definition) is 0. The highest BCUT2D eigenvalue weighted by Crippen LogP contribution is 2.31. The lowest BCUT2D eigenvalue weighted by molar-refractivity contribution is 0.112. The molecule has 0 saturated carbocycles. The quantitative estimate of drug-likeness (QED) is 0.575. The van der Waals surface area contributed by atoms with Gasteiger partial charge in [-0.15, -0.1) is 0 Å². The highest BCUT2D eigenvalue weighted by Gasteiger charge is 2.22. The molecule has 0 aromatic heterocycles. The lowest BCUT2D eigenvalue weighted by Crippen LogP contribution is -2.35. The maximum absolute atomic E-state index is 11.9. The number of nitrogens with zero attached hydrogens (tertiary/aromatic N) is 2. The normalized spacial score (nSPS) is 17.1. The number of hydrogen-bond acceptors (Lipinski definition) is 4. The maximum atomic E-state index is 11.9. The van der Waals surface area contributed by atoms with E-state index >= 15 is 0 Å². The fourth-order valence-corrected chi connectivity index (χ4v) is 4.69. The Balaban J connectivity index is 1.24. The average Bonchev–Trinajstić information content (AvgIpc) is 3.34. The second-order valence-corrected chi connectivity index (χ2v) is 8.20. The monoisotopic (exact) mass is 398 g/mol. The molecular weight excluding hydrogens is 372 g/mol. The van der Waals surface area contributed by atoms with E-state index in [0.29, 0.717) is 12.5 Å². The molecule has 0 N–H and O–H groups in total. The minimum atomic E-state index is 0.673. The summed E-state index contributed by atoms with van der Waals surface area (Å²) in [5.41, 5.74) is 4.34. The molecule has 4 heteroatoms. The Labute approximate surface area is 177 Å². The van der Waals surface area contributed by atoms with Gasteiger partial charge in [0.05, 0.1) is 6.54 Å². The van der Waals surface area contributed by atoms with Crippen LogP contribution in [0.5, 0.6) is 0 Å². The number of ether oxygens (including phenoxy) is 1. The van der Waals surface area contributed by atoms with Crippen LogP contribution < -0.4 is 4.90 Å². The summed E-state index contributed by atoms with van der Waals surface area (Å²) < 4.78 is 5.55. The Bertz CT molecular complexity index is 1080. The van der Waals surface area contributed by atoms with Gasteiger partial charge in [-0.05, 0) is 59.7 Å². The summed E-state index contributed by atoms with van der Waals surface area (Å²) >= 11 is 0. The van der Waals surface area contributed by atoms with Gasteiger partial charge in [0, 0.05) is 29.9 Å². The molecular formula is C26H26N2O2. The highest BCUT2D eigenvalue weighted by atomic mass is 16.5. The molecule has 0 spiro atoms. The van der Waals surface area contributed by atoms with E-state index < -0.39 is 0 Å². The largest absolute Gasteiger partial charge is 0.476 e. The van der Waals surface area contributed by atoms with Gasteiger partial charge in [0.25, 0.3) is 0 Å². The van der Waals surface area contributed by atoms with Crippen LogP contribution in [-0.2, 0) is 11.2 Å². The van der Waals surface area contributed by atoms with Crippen LogP contribution in [-0.4, -0.2) is 38.4 Å². The van der Waals surface area contributed by atoms with Crippen molar-refractivity contribution < 1.29 is 9.53 Å². The Morgan fingerprint density at radius 2 is 1.80 bits per heavy atom. The second-order valence-electron chi connectivity index (χ2n) is 8.20. The molecule has 152 valence electrons. The van der Waals surface area contributed by atoms with Gasteiger partial charge in [-0.2, -0.15) is 0 Å². The summed E-state index contributed by atoms with van der Waals surface area (Å²) in [6, 6.07) is 21.0. The third kappa shape index (κ3) is 3.70. The van der Waals surface area contributed by atoms with E-state index in [1.807, 2.05) is 18.2 Å². The first-order chi connectivity index (χ1) is 14.8. The molecule has 0 radical (unpaired) electrons. The van der Waals surface area contributed by atoms with Crippen LogP contribution in [0.15, 0.2) is 65.7 Å². The number of piperidine rings is 1. The first-order valence-electron chi connectivity index (χ1n) is 10.8. The number of rotatable bonds is 5. The minimum absolute atomic E-state index is 0.673. The van der Waals surface area contributed by atoms with Crippen molar-refractivity contribution in [3.8, 4) is 0 Å². The van der Waals surface area contributed by atoms with E-state index in [-0.39, 0.29) is 0 Å². The number of anilines is 1. The Morgan fingerprint density at radius 1 is 1.00 bits per heavy atom. The predicted octanol–water partition coefficient (Wildman–Crippen LogP) is 4.89. The van der Waals surface area contributed by atoms with E-state index in [4.69, 9.17) is 4.74 Å². The maximum Gasteiger partial charge on any atom is 0.216 e. The lowest BCUT2D eigenvalue weighted by Gasteiger charge is -2.34. The number of carbonyl (C=O) groups is 1. The molecule has 3 aromatic carbocycles. The summed E-state index contributed by atoms with van der Waals surface area (Å²) in [7, 11) is 0. The van der Waals surface area contributed by atoms with Gasteiger partial charge in [0.1, 0.15) is 6.61 Å². The van der Waals surface area contributed by atoms with Crippen LogP contribution in [0.25, 0.3) is 10.8 Å². The van der Waals surface area contributed by atoms with Gasteiger partial charge in [-0.3, -0.25) is 4.79 Å². The Morgan fingerprint density at radius 3 is 2.53 bits per heavy atom. The molecule has 0 atom stereocenters. The van der Waals surface area contributed by atoms with E-state index in [9.17, 15) is 4.79 Å². The van der Waals surface area contributed by atoms with Crippen LogP contribution in [0.2, 0.25) is 0 Å². The predicted molar refractivity (Wildman–Crippen MR) is 122 cm³/mol. The van der Waals surface area contributed by atoms with Crippen molar-refractivity contribution in [3.05, 3.63) is 77.4 Å². The topological polar surface area (TPSA) is 41.9 Å². The fraction of sp³-hybridized carbons (Fsp3) is 0.308. The summed E-state index contributed by atoms with van der Waals surface area (Å²) in [6.45, 7) is 3.44. The number of carbonyl (C=O) groups excluding carboxylic acids is 1. The van der Waals surface area contributed by atoms with Crippen LogP contribution in [0.4, 0.5) is 5.69 Å². The SMILES string of the molecule is O=Cc1c(N2CCC(Cc3ccc(C4=NCCO4)cc3)CC2)ccc2ccccc12. The molecule has 0 aliphatic carbocycles. The van der Waals surface area contributed by atoms with Crippen LogP contribution in [0.3, 0.4) is 0 Å². The van der Waals surface area contributed by atoms with E-state index in [0.717, 1.165) is 78.7 Å². The van der Waals surface area contributed by atoms with E-state index in [1.54, 1.807) is 0 Å². The van der Waals surface area contributed by atoms with Crippen LogP contribution in [0.1, 0.15) is 34.3 Å². The van der Waals surface area contributed by atoms with Gasteiger partial charge < -0.3 is 9.64 Å². The first-order valence-corrected chi connectivity index (χ1v) is 10.8. The van der Waals surface area contributed by atoms with Crippen molar-refractivity contribution in [2.75, 3.05) is 31.1 Å². The van der Waals surface area contributed by atoms with Crippen molar-refractivity contribution in [1.82, 2.24) is 0 Å². The van der Waals surface area contributed by atoms with Gasteiger partial charge in [0.2, 0.25) is 5.90 Å². The van der Waals surface area contributed by atoms with Crippen LogP contribution >= 0.6 is 0 Å². The third-order valence-corrected chi connectivity index (χ3v) is 6.33. The molecule has 0 amide bonds. The molecule has 2 heterocycles. The summed E-state index contributed by atoms with van der Waals surface area (Å²) in [5, 5.41) is 2.17. The van der Waals surface area contributed by atoms with Crippen molar-refractivity contribution in [2.24, 2.45) is 10.9 Å². The molecule has 4 nitrogen and oxygen atoms in total. The van der Waals surface area contributed by atoms with E-state index in [1.165, 1.54) is 5.56 Å². The zero-order valence-electron chi connectivity index (χ0n) is 17.1. The van der Waals surface area contributed by atoms with Crippen molar-refractivity contribution >= 4 is 28.6 Å². The van der Waals surface area contributed by atoms with Crippen LogP contribution in [0, 0.1) is 5.92 Å². The molecule has 2 aliphatic rings. The zero-order chi connectivity index (χ0) is 20.3. The van der Waals surface area contributed by atoms with Gasteiger partial charge >= 0.3 is 0 Å². The fourth-order valence-electron chi connectivity index (χ4n) is 4.69. The van der Waals surface area contributed by atoms with E-state index in [2.05, 4.69) is 52.4 Å². The second kappa shape index (κ2) is 8.31. The summed E-state index contributed by atoms with van der Waals surface area (Å²) in [5.74, 6) is 1.45. The Kier molecular flexibility index (Phi) is 5.22. The molecule has 0 unspecified atom stereocenters. The van der Waals surface area contributed by atoms with Crippen molar-refractivity contribution in [2.45, 2.75) is 19.3 Å². The third-order valence-electron chi connectivity index (χ3n) is 6.33. The smallest absolute Gasteiger partial charge is 0.216 e. The molecule has 5 rings (SSSR count). The molecule has 3 aromatic rings. The molecule has 2 aliphatic heterocycles. The number of aliphatic imine (C=N–C) groups is 1.